The fourth-order valence-electron chi connectivity index (χ4n) is 3.92. The van der Waals surface area contributed by atoms with Crippen molar-refractivity contribution in [3.05, 3.63) is 83.1 Å². The summed E-state index contributed by atoms with van der Waals surface area (Å²) < 4.78 is 24.8. The van der Waals surface area contributed by atoms with E-state index >= 15 is 0 Å². The summed E-state index contributed by atoms with van der Waals surface area (Å²) in [4.78, 5) is 29.4. The van der Waals surface area contributed by atoms with E-state index in [2.05, 4.69) is 5.32 Å². The van der Waals surface area contributed by atoms with Crippen LogP contribution in [0.15, 0.2) is 66.7 Å². The van der Waals surface area contributed by atoms with Crippen molar-refractivity contribution in [2.24, 2.45) is 0 Å². The molecule has 3 aromatic carbocycles. The van der Waals surface area contributed by atoms with Gasteiger partial charge in [-0.3, -0.25) is 14.5 Å². The zero-order valence-electron chi connectivity index (χ0n) is 19.5. The van der Waals surface area contributed by atoms with Crippen molar-refractivity contribution in [2.45, 2.75) is 19.0 Å². The number of amides is 2. The summed E-state index contributed by atoms with van der Waals surface area (Å²) in [7, 11) is 3.04. The zero-order chi connectivity index (χ0) is 25.8. The molecule has 1 atom stereocenters. The molecule has 1 fully saturated rings. The van der Waals surface area contributed by atoms with Gasteiger partial charge in [-0.25, -0.2) is 4.39 Å². The Bertz CT molecular complexity index is 1300. The summed E-state index contributed by atoms with van der Waals surface area (Å²) in [5.74, 6) is -0.150. The molecule has 1 saturated heterocycles. The second-order valence-corrected chi connectivity index (χ2v) is 8.76. The molecule has 36 heavy (non-hydrogen) atoms. The van der Waals surface area contributed by atoms with Crippen LogP contribution in [0.25, 0.3) is 0 Å². The highest BCUT2D eigenvalue weighted by molar-refractivity contribution is 7.80. The lowest BCUT2D eigenvalue weighted by Crippen LogP contribution is -2.37. The van der Waals surface area contributed by atoms with Crippen LogP contribution in [-0.2, 0) is 16.1 Å². The van der Waals surface area contributed by atoms with Crippen LogP contribution in [0.3, 0.4) is 0 Å². The predicted molar refractivity (Wildman–Crippen MR) is 140 cm³/mol. The number of nitrogens with zero attached hydrogens (tertiary/aromatic N) is 2. The molecular weight excluding hydrogens is 505 g/mol. The molecule has 7 nitrogen and oxygen atoms in total. The average Bonchev–Trinajstić information content (AvgIpc) is 3.09. The Morgan fingerprint density at radius 3 is 2.44 bits per heavy atom. The van der Waals surface area contributed by atoms with Crippen LogP contribution in [0.2, 0.25) is 5.02 Å². The first kappa shape index (κ1) is 25.4. The Balaban J connectivity index is 1.62. The third-order valence-corrected chi connectivity index (χ3v) is 6.48. The van der Waals surface area contributed by atoms with E-state index in [4.69, 9.17) is 33.3 Å². The smallest absolute Gasteiger partial charge is 0.256 e. The van der Waals surface area contributed by atoms with Gasteiger partial charge >= 0.3 is 0 Å². The van der Waals surface area contributed by atoms with Crippen molar-refractivity contribution in [1.82, 2.24) is 4.90 Å². The van der Waals surface area contributed by atoms with Gasteiger partial charge in [0.1, 0.15) is 23.4 Å². The van der Waals surface area contributed by atoms with Crippen molar-refractivity contribution in [2.75, 3.05) is 24.4 Å². The maximum Gasteiger partial charge on any atom is 0.256 e. The highest BCUT2D eigenvalue weighted by Crippen LogP contribution is 2.34. The lowest BCUT2D eigenvalue weighted by Gasteiger charge is -2.24. The van der Waals surface area contributed by atoms with Crippen LogP contribution in [-0.4, -0.2) is 42.1 Å². The zero-order valence-corrected chi connectivity index (χ0v) is 21.1. The number of nitrogens with one attached hydrogen (secondary N) is 1. The van der Waals surface area contributed by atoms with Crippen molar-refractivity contribution in [3.8, 4) is 11.5 Å². The molecule has 0 spiro atoms. The third-order valence-electron chi connectivity index (χ3n) is 5.76. The van der Waals surface area contributed by atoms with Gasteiger partial charge in [0.05, 0.1) is 31.4 Å². The Hall–Kier alpha value is -3.69. The van der Waals surface area contributed by atoms with E-state index in [1.54, 1.807) is 72.7 Å². The van der Waals surface area contributed by atoms with Crippen LogP contribution >= 0.6 is 23.8 Å². The molecule has 1 aliphatic rings. The number of rotatable bonds is 8. The third kappa shape index (κ3) is 5.27. The van der Waals surface area contributed by atoms with E-state index < -0.39 is 23.7 Å². The number of methoxy groups -OCH3 is 2. The maximum atomic E-state index is 14.5. The quantitative estimate of drug-likeness (QED) is 0.414. The first-order valence-electron chi connectivity index (χ1n) is 11.0. The van der Waals surface area contributed by atoms with Crippen LogP contribution in [0, 0.1) is 5.82 Å². The first-order chi connectivity index (χ1) is 17.3. The van der Waals surface area contributed by atoms with Gasteiger partial charge in [0.2, 0.25) is 5.91 Å². The first-order valence-corrected chi connectivity index (χ1v) is 11.8. The lowest BCUT2D eigenvalue weighted by molar-refractivity contribution is -0.124. The van der Waals surface area contributed by atoms with Crippen molar-refractivity contribution < 1.29 is 23.5 Å². The number of ether oxygens (including phenoxy) is 2. The van der Waals surface area contributed by atoms with Gasteiger partial charge in [-0.2, -0.15) is 0 Å². The Morgan fingerprint density at radius 2 is 1.81 bits per heavy atom. The number of anilines is 2. The lowest BCUT2D eigenvalue weighted by atomic mass is 10.1. The molecule has 0 aromatic heterocycles. The van der Waals surface area contributed by atoms with Crippen LogP contribution < -0.4 is 19.7 Å². The van der Waals surface area contributed by atoms with E-state index in [0.717, 1.165) is 0 Å². The van der Waals surface area contributed by atoms with Crippen molar-refractivity contribution in [3.63, 3.8) is 0 Å². The van der Waals surface area contributed by atoms with Crippen molar-refractivity contribution in [1.29, 1.82) is 0 Å². The second kappa shape index (κ2) is 10.9. The molecule has 1 aliphatic heterocycles. The van der Waals surface area contributed by atoms with Crippen molar-refractivity contribution >= 4 is 52.1 Å². The molecule has 0 unspecified atom stereocenters. The molecule has 0 radical (unpaired) electrons. The number of carbonyl (C=O) groups excluding carboxylic acids is 2. The average molecular weight is 528 g/mol. The summed E-state index contributed by atoms with van der Waals surface area (Å²) in [6.45, 7) is 0.0120. The molecule has 3 aromatic rings. The fraction of sp³-hybridized carbons (Fsp3) is 0.192. The standard InChI is InChI=1S/C26H23ClFN3O4S/c1-34-19-10-7-17(8-11-19)29-24(32)14-22-25(33)31(18-9-12-23(35-2)20(27)13-18)26(36)30(22)15-16-5-3-4-6-21(16)28/h3-13,22H,14-15H2,1-2H3,(H,29,32)/t22-/m1/s1. The SMILES string of the molecule is COc1ccc(NC(=O)C[C@@H]2C(=O)N(c3ccc(OC)c(Cl)c3)C(=S)N2Cc2ccccc2F)cc1. The highest BCUT2D eigenvalue weighted by Gasteiger charge is 2.44. The van der Waals surface area contributed by atoms with Gasteiger partial charge in [0.15, 0.2) is 5.11 Å². The van der Waals surface area contributed by atoms with Gasteiger partial charge in [-0.05, 0) is 60.7 Å². The van der Waals surface area contributed by atoms with Gasteiger partial charge in [0, 0.05) is 17.8 Å². The summed E-state index contributed by atoms with van der Waals surface area (Å²) in [6.07, 6.45) is -0.195. The number of thiocarbonyl (C=S) groups is 1. The minimum Gasteiger partial charge on any atom is -0.497 e. The number of benzene rings is 3. The molecule has 186 valence electrons. The molecule has 0 saturated carbocycles. The number of carbonyl (C=O) groups is 2. The monoisotopic (exact) mass is 527 g/mol. The van der Waals surface area contributed by atoms with E-state index in [-0.39, 0.29) is 18.1 Å². The Labute approximate surface area is 218 Å². The van der Waals surface area contributed by atoms with Gasteiger partial charge < -0.3 is 19.7 Å². The molecule has 10 heteroatoms. The summed E-state index contributed by atoms with van der Waals surface area (Å²) in [6, 6.07) is 16.9. The molecule has 0 aliphatic carbocycles. The normalized spacial score (nSPS) is 15.3. The van der Waals surface area contributed by atoms with Gasteiger partial charge in [0.25, 0.3) is 5.91 Å². The summed E-state index contributed by atoms with van der Waals surface area (Å²) in [5.41, 5.74) is 1.32. The minimum atomic E-state index is -0.948. The minimum absolute atomic E-state index is 0.0120. The predicted octanol–water partition coefficient (Wildman–Crippen LogP) is 5.03. The second-order valence-electron chi connectivity index (χ2n) is 7.99. The van der Waals surface area contributed by atoms with Crippen LogP contribution in [0.1, 0.15) is 12.0 Å². The maximum absolute atomic E-state index is 14.5. The summed E-state index contributed by atoms with van der Waals surface area (Å²) >= 11 is 11.9. The van der Waals surface area contributed by atoms with E-state index in [0.29, 0.717) is 33.5 Å². The molecule has 1 N–H and O–H groups in total. The van der Waals surface area contributed by atoms with Crippen LogP contribution in [0.5, 0.6) is 11.5 Å². The molecule has 4 rings (SSSR count). The largest absolute Gasteiger partial charge is 0.497 e. The number of halogens is 2. The van der Waals surface area contributed by atoms with Gasteiger partial charge in [-0.15, -0.1) is 0 Å². The number of hydrogen-bond donors (Lipinski definition) is 1. The molecule has 1 heterocycles. The topological polar surface area (TPSA) is 71.1 Å². The number of hydrogen-bond acceptors (Lipinski definition) is 5. The highest BCUT2D eigenvalue weighted by atomic mass is 35.5. The molecule has 2 amide bonds. The van der Waals surface area contributed by atoms with E-state index in [1.807, 2.05) is 0 Å². The van der Waals surface area contributed by atoms with E-state index in [1.165, 1.54) is 18.1 Å². The van der Waals surface area contributed by atoms with E-state index in [9.17, 15) is 14.0 Å². The molecule has 0 bridgehead atoms. The summed E-state index contributed by atoms with van der Waals surface area (Å²) in [5, 5.41) is 3.23. The molecular formula is C26H23ClFN3O4S. The van der Waals surface area contributed by atoms with Crippen LogP contribution in [0.4, 0.5) is 15.8 Å². The Morgan fingerprint density at radius 1 is 1.08 bits per heavy atom. The fourth-order valence-corrected chi connectivity index (χ4v) is 4.56. The van der Waals surface area contributed by atoms with Gasteiger partial charge in [-0.1, -0.05) is 29.8 Å². The Kier molecular flexibility index (Phi) is 7.71.